The fraction of sp³-hybridized carbons (Fsp3) is 0.400. The van der Waals surface area contributed by atoms with E-state index in [2.05, 4.69) is 5.43 Å². The van der Waals surface area contributed by atoms with Crippen molar-refractivity contribution in [3.8, 4) is 0 Å². The molecule has 7 heteroatoms. The van der Waals surface area contributed by atoms with Crippen molar-refractivity contribution >= 4 is 11.4 Å². The maximum Gasteiger partial charge on any atom is 0.293 e. The van der Waals surface area contributed by atoms with Crippen LogP contribution in [0.3, 0.4) is 0 Å². The van der Waals surface area contributed by atoms with E-state index >= 15 is 0 Å². The molecule has 17 heavy (non-hydrogen) atoms. The average Bonchev–Trinajstić information content (AvgIpc) is 2.34. The van der Waals surface area contributed by atoms with Crippen molar-refractivity contribution in [2.45, 2.75) is 0 Å². The monoisotopic (exact) mass is 241 g/mol. The maximum absolute atomic E-state index is 10.8. The number of nitrogens with one attached hydrogen (secondary N) is 1. The zero-order valence-electron chi connectivity index (χ0n) is 9.24. The summed E-state index contributed by atoms with van der Waals surface area (Å²) in [4.78, 5) is 10.4. The van der Waals surface area contributed by atoms with Crippen LogP contribution in [-0.4, -0.2) is 41.4 Å². The lowest BCUT2D eigenvalue weighted by atomic mass is 10.2. The number of hydrogen-bond acceptors (Lipinski definition) is 6. The third-order valence-corrected chi connectivity index (χ3v) is 2.11. The Kier molecular flexibility index (Phi) is 5.34. The van der Waals surface area contributed by atoms with Gasteiger partial charge in [0.25, 0.3) is 5.69 Å². The maximum atomic E-state index is 10.8. The molecule has 0 spiro atoms. The topological polar surface area (TPSA) is 98.9 Å². The van der Waals surface area contributed by atoms with Crippen molar-refractivity contribution in [1.82, 2.24) is 5.43 Å². The van der Waals surface area contributed by atoms with Crippen LogP contribution in [0.5, 0.6) is 0 Å². The molecule has 0 saturated carbocycles. The summed E-state index contributed by atoms with van der Waals surface area (Å²) in [5, 5.41) is 29.9. The van der Waals surface area contributed by atoms with Gasteiger partial charge in [0.1, 0.15) is 5.69 Å². The molecule has 1 aromatic carbocycles. The van der Waals surface area contributed by atoms with Crippen LogP contribution in [0.4, 0.5) is 11.4 Å². The summed E-state index contributed by atoms with van der Waals surface area (Å²) in [6.45, 7) is 0.212. The largest absolute Gasteiger partial charge is 0.395 e. The van der Waals surface area contributed by atoms with E-state index in [4.69, 9.17) is 10.2 Å². The quantitative estimate of drug-likeness (QED) is 0.455. The van der Waals surface area contributed by atoms with E-state index in [-0.39, 0.29) is 32.0 Å². The smallest absolute Gasteiger partial charge is 0.293 e. The Morgan fingerprint density at radius 2 is 2.00 bits per heavy atom. The van der Waals surface area contributed by atoms with Gasteiger partial charge in [0, 0.05) is 12.6 Å². The molecule has 0 unspecified atom stereocenters. The molecule has 0 radical (unpaired) electrons. The molecule has 0 fully saturated rings. The molecule has 94 valence electrons. The van der Waals surface area contributed by atoms with Gasteiger partial charge in [-0.3, -0.25) is 15.1 Å². The SMILES string of the molecule is O=[N+]([O-])c1ccccc1N(CCO)NCCO. The highest BCUT2D eigenvalue weighted by atomic mass is 16.6. The van der Waals surface area contributed by atoms with E-state index < -0.39 is 4.92 Å². The summed E-state index contributed by atoms with van der Waals surface area (Å²) in [6, 6.07) is 6.22. The molecule has 0 aromatic heterocycles. The normalized spacial score (nSPS) is 10.2. The Labute approximate surface area is 98.4 Å². The van der Waals surface area contributed by atoms with Crippen LogP contribution >= 0.6 is 0 Å². The molecule has 3 N–H and O–H groups in total. The second-order valence-corrected chi connectivity index (χ2v) is 3.25. The van der Waals surface area contributed by atoms with Crippen molar-refractivity contribution < 1.29 is 15.1 Å². The number of anilines is 1. The molecule has 0 atom stereocenters. The van der Waals surface area contributed by atoms with Gasteiger partial charge in [0.15, 0.2) is 0 Å². The number of hydrazine groups is 1. The predicted molar refractivity (Wildman–Crippen MR) is 62.6 cm³/mol. The van der Waals surface area contributed by atoms with Crippen molar-refractivity contribution in [2.75, 3.05) is 31.3 Å². The van der Waals surface area contributed by atoms with Gasteiger partial charge < -0.3 is 10.2 Å². The average molecular weight is 241 g/mol. The molecular formula is C10H15N3O4. The second-order valence-electron chi connectivity index (χ2n) is 3.25. The van der Waals surface area contributed by atoms with Crippen LogP contribution in [0.25, 0.3) is 0 Å². The molecule has 0 amide bonds. The number of nitrogens with zero attached hydrogens (tertiary/aromatic N) is 2. The van der Waals surface area contributed by atoms with E-state index in [9.17, 15) is 10.1 Å². The molecule has 0 aliphatic heterocycles. The summed E-state index contributed by atoms with van der Waals surface area (Å²) >= 11 is 0. The number of nitro groups is 1. The number of aliphatic hydroxyl groups is 2. The zero-order chi connectivity index (χ0) is 12.7. The first-order valence-corrected chi connectivity index (χ1v) is 5.17. The molecule has 0 saturated heterocycles. The van der Waals surface area contributed by atoms with E-state index in [1.807, 2.05) is 0 Å². The van der Waals surface area contributed by atoms with Crippen LogP contribution in [0.2, 0.25) is 0 Å². The van der Waals surface area contributed by atoms with Gasteiger partial charge in [-0.05, 0) is 6.07 Å². The number of para-hydroxylation sites is 2. The van der Waals surface area contributed by atoms with Crippen LogP contribution in [-0.2, 0) is 0 Å². The van der Waals surface area contributed by atoms with Crippen molar-refractivity contribution in [3.63, 3.8) is 0 Å². The van der Waals surface area contributed by atoms with Crippen molar-refractivity contribution in [1.29, 1.82) is 0 Å². The minimum absolute atomic E-state index is 0.0496. The molecule has 0 heterocycles. The van der Waals surface area contributed by atoms with E-state index in [0.29, 0.717) is 5.69 Å². The fourth-order valence-electron chi connectivity index (χ4n) is 1.42. The summed E-state index contributed by atoms with van der Waals surface area (Å²) in [5.41, 5.74) is 3.11. The number of rotatable bonds is 7. The first kappa shape index (κ1) is 13.4. The van der Waals surface area contributed by atoms with Gasteiger partial charge in [-0.15, -0.1) is 0 Å². The Morgan fingerprint density at radius 3 is 2.59 bits per heavy atom. The highest BCUT2D eigenvalue weighted by Gasteiger charge is 2.17. The lowest BCUT2D eigenvalue weighted by Crippen LogP contribution is -2.42. The summed E-state index contributed by atoms with van der Waals surface area (Å²) in [6.07, 6.45) is 0. The van der Waals surface area contributed by atoms with Gasteiger partial charge in [0.05, 0.1) is 24.7 Å². The number of nitro benzene ring substituents is 1. The summed E-state index contributed by atoms with van der Waals surface area (Å²) in [7, 11) is 0. The Morgan fingerprint density at radius 1 is 1.29 bits per heavy atom. The zero-order valence-corrected chi connectivity index (χ0v) is 9.24. The molecule has 0 bridgehead atoms. The predicted octanol–water partition coefficient (Wildman–Crippen LogP) is -0.110. The first-order valence-electron chi connectivity index (χ1n) is 5.17. The van der Waals surface area contributed by atoms with E-state index in [0.717, 1.165) is 0 Å². The van der Waals surface area contributed by atoms with E-state index in [1.54, 1.807) is 18.2 Å². The molecular weight excluding hydrogens is 226 g/mol. The van der Waals surface area contributed by atoms with Crippen LogP contribution in [0.1, 0.15) is 0 Å². The third-order valence-electron chi connectivity index (χ3n) is 2.11. The van der Waals surface area contributed by atoms with Crippen molar-refractivity contribution in [3.05, 3.63) is 34.4 Å². The molecule has 0 aliphatic rings. The van der Waals surface area contributed by atoms with Crippen molar-refractivity contribution in [2.24, 2.45) is 0 Å². The summed E-state index contributed by atoms with van der Waals surface area (Å²) in [5.74, 6) is 0. The van der Waals surface area contributed by atoms with Gasteiger partial charge in [0.2, 0.25) is 0 Å². The van der Waals surface area contributed by atoms with E-state index in [1.165, 1.54) is 11.1 Å². The number of aliphatic hydroxyl groups excluding tert-OH is 2. The van der Waals surface area contributed by atoms with Gasteiger partial charge >= 0.3 is 0 Å². The molecule has 7 nitrogen and oxygen atoms in total. The van der Waals surface area contributed by atoms with Crippen LogP contribution < -0.4 is 10.4 Å². The Balaban J connectivity index is 2.95. The minimum atomic E-state index is -0.486. The number of benzene rings is 1. The van der Waals surface area contributed by atoms with Crippen LogP contribution in [0.15, 0.2) is 24.3 Å². The van der Waals surface area contributed by atoms with Gasteiger partial charge in [-0.1, -0.05) is 12.1 Å². The Hall–Kier alpha value is -1.70. The highest BCUT2D eigenvalue weighted by molar-refractivity contribution is 5.62. The Bertz CT molecular complexity index is 372. The fourth-order valence-corrected chi connectivity index (χ4v) is 1.42. The lowest BCUT2D eigenvalue weighted by molar-refractivity contribution is -0.384. The first-order chi connectivity index (χ1) is 8.20. The second kappa shape index (κ2) is 6.79. The van der Waals surface area contributed by atoms with Gasteiger partial charge in [-0.25, -0.2) is 5.43 Å². The van der Waals surface area contributed by atoms with Gasteiger partial charge in [-0.2, -0.15) is 0 Å². The minimum Gasteiger partial charge on any atom is -0.395 e. The highest BCUT2D eigenvalue weighted by Crippen LogP contribution is 2.25. The molecule has 1 rings (SSSR count). The molecule has 0 aliphatic carbocycles. The summed E-state index contributed by atoms with van der Waals surface area (Å²) < 4.78 is 0. The lowest BCUT2D eigenvalue weighted by Gasteiger charge is -2.23. The third kappa shape index (κ3) is 3.66. The molecule has 1 aromatic rings. The van der Waals surface area contributed by atoms with Crippen LogP contribution in [0, 0.1) is 10.1 Å². The number of hydrogen-bond donors (Lipinski definition) is 3. The standard InChI is InChI=1S/C10H15N3O4/c14-7-5-11-12(6-8-15)9-3-1-2-4-10(9)13(16)17/h1-4,11,14-15H,5-8H2.